The molecule has 0 unspecified atom stereocenters. The summed E-state index contributed by atoms with van der Waals surface area (Å²) in [5.74, 6) is 0.305. The van der Waals surface area contributed by atoms with Crippen molar-refractivity contribution in [3.05, 3.63) is 108 Å². The Balaban J connectivity index is 0.000000240. The zero-order valence-electron chi connectivity index (χ0n) is 24.5. The molecule has 0 fully saturated rings. The lowest BCUT2D eigenvalue weighted by molar-refractivity contribution is 0.186. The van der Waals surface area contributed by atoms with Gasteiger partial charge in [0.1, 0.15) is 5.75 Å². The Kier molecular flexibility index (Phi) is 11.7. The third-order valence-corrected chi connectivity index (χ3v) is 5.73. The summed E-state index contributed by atoms with van der Waals surface area (Å²) in [5, 5.41) is 17.1. The Morgan fingerprint density at radius 1 is 0.591 bits per heavy atom. The van der Waals surface area contributed by atoms with E-state index in [-0.39, 0.29) is 0 Å². The molecule has 12 nitrogen and oxygen atoms in total. The minimum absolute atomic E-state index is 0.305. The molecule has 0 spiro atoms. The molecule has 0 aliphatic heterocycles. The summed E-state index contributed by atoms with van der Waals surface area (Å²) >= 11 is 0. The van der Waals surface area contributed by atoms with Crippen LogP contribution in [0.4, 0.5) is 47.6 Å². The number of hydrogen-bond donors (Lipinski definition) is 4. The van der Waals surface area contributed by atoms with Crippen LogP contribution >= 0.6 is 0 Å². The largest absolute Gasteiger partial charge is 0.464 e. The first-order chi connectivity index (χ1) is 21.1. The smallest absolute Gasteiger partial charge is 0.417 e. The highest BCUT2D eigenvalue weighted by molar-refractivity contribution is 5.96. The van der Waals surface area contributed by atoms with Crippen LogP contribution in [0.1, 0.15) is 11.1 Å². The van der Waals surface area contributed by atoms with E-state index < -0.39 is 24.4 Å². The van der Waals surface area contributed by atoms with Crippen LogP contribution in [0, 0.1) is 13.8 Å². The first kappa shape index (κ1) is 32.5. The number of hydrogen-bond acceptors (Lipinski definition) is 7. The van der Waals surface area contributed by atoms with E-state index in [0.717, 1.165) is 16.0 Å². The van der Waals surface area contributed by atoms with Crippen molar-refractivity contribution < 1.29 is 38.5 Å². The molecule has 0 radical (unpaired) electrons. The number of rotatable bonds is 6. The average Bonchev–Trinajstić information content (AvgIpc) is 2.97. The number of methoxy groups -OCH3 is 2. The highest BCUT2D eigenvalue weighted by Gasteiger charge is 2.17. The van der Waals surface area contributed by atoms with Gasteiger partial charge in [0.25, 0.3) is 0 Å². The van der Waals surface area contributed by atoms with E-state index in [9.17, 15) is 24.3 Å². The third-order valence-electron chi connectivity index (χ3n) is 5.73. The molecular weight excluding hydrogens is 568 g/mol. The zero-order valence-corrected chi connectivity index (χ0v) is 24.5. The molecule has 0 heterocycles. The Morgan fingerprint density at radius 2 is 1.05 bits per heavy atom. The molecule has 0 saturated heterocycles. The molecule has 4 rings (SSSR count). The monoisotopic (exact) mass is 600 g/mol. The van der Waals surface area contributed by atoms with Gasteiger partial charge >= 0.3 is 24.4 Å². The summed E-state index contributed by atoms with van der Waals surface area (Å²) in [6.07, 6.45) is -2.93. The van der Waals surface area contributed by atoms with Gasteiger partial charge in [-0.2, -0.15) is 0 Å². The van der Waals surface area contributed by atoms with E-state index in [1.807, 2.05) is 38.1 Å². The Bertz CT molecular complexity index is 1620. The summed E-state index contributed by atoms with van der Waals surface area (Å²) in [4.78, 5) is 47.0. The van der Waals surface area contributed by atoms with E-state index in [2.05, 4.69) is 25.4 Å². The molecule has 12 heteroatoms. The number of aryl methyl sites for hydroxylation is 2. The van der Waals surface area contributed by atoms with Gasteiger partial charge in [0.05, 0.1) is 25.6 Å². The maximum Gasteiger partial charge on any atom is 0.417 e. The molecule has 0 atom stereocenters. The van der Waals surface area contributed by atoms with Crippen molar-refractivity contribution in [2.75, 3.05) is 35.1 Å². The summed E-state index contributed by atoms with van der Waals surface area (Å²) in [6.45, 7) is 3.82. The van der Waals surface area contributed by atoms with Crippen LogP contribution in [0.15, 0.2) is 97.1 Å². The van der Waals surface area contributed by atoms with Crippen molar-refractivity contribution in [2.24, 2.45) is 0 Å². The van der Waals surface area contributed by atoms with Crippen molar-refractivity contribution in [1.82, 2.24) is 0 Å². The fraction of sp³-hybridized carbons (Fsp3) is 0.125. The van der Waals surface area contributed by atoms with Crippen LogP contribution in [-0.4, -0.2) is 43.7 Å². The number of carbonyl (C=O) groups is 4. The lowest BCUT2D eigenvalue weighted by Crippen LogP contribution is -2.23. The number of nitrogens with zero attached hydrogens (tertiary/aromatic N) is 1. The Labute approximate surface area is 254 Å². The van der Waals surface area contributed by atoms with Gasteiger partial charge in [0.2, 0.25) is 0 Å². The van der Waals surface area contributed by atoms with Crippen molar-refractivity contribution in [1.29, 1.82) is 0 Å². The number of anilines is 5. The molecular formula is C32H32N4O8. The SMILES string of the molecule is COC(=O)Nc1cccc(N(C(=O)O)c2cccc(C)c2)c1.COC(=O)Nc1cccc(OC(=O)Nc2cccc(C)c2)c1. The standard InChI is InChI=1S/2C16H16N2O4/c1-11-5-3-7-13(9-11)18(16(20)21)14-8-4-6-12(10-14)17-15(19)22-2;1-11-5-3-6-12(9-11)18-16(20)22-14-8-4-7-13(10-14)17-15(19)21-2/h3-10H,1-2H3,(H,17,19)(H,20,21);3-10H,1-2H3,(H,17,19)(H,18,20). The van der Waals surface area contributed by atoms with Crippen LogP contribution in [0.5, 0.6) is 5.75 Å². The van der Waals surface area contributed by atoms with Crippen LogP contribution in [0.25, 0.3) is 0 Å². The second-order valence-electron chi connectivity index (χ2n) is 9.15. The average molecular weight is 601 g/mol. The molecule has 0 aliphatic carbocycles. The minimum Gasteiger partial charge on any atom is -0.464 e. The van der Waals surface area contributed by atoms with Crippen molar-refractivity contribution in [2.45, 2.75) is 13.8 Å². The minimum atomic E-state index is -1.11. The van der Waals surface area contributed by atoms with Gasteiger partial charge in [-0.25, -0.2) is 24.1 Å². The Morgan fingerprint density at radius 3 is 1.59 bits per heavy atom. The number of ether oxygens (including phenoxy) is 3. The summed E-state index contributed by atoms with van der Waals surface area (Å²) in [5.41, 5.74) is 4.49. The van der Waals surface area contributed by atoms with Gasteiger partial charge in [0.15, 0.2) is 0 Å². The molecule has 4 aromatic carbocycles. The fourth-order valence-corrected chi connectivity index (χ4v) is 3.81. The maximum atomic E-state index is 11.8. The predicted octanol–water partition coefficient (Wildman–Crippen LogP) is 7.77. The molecule has 0 aromatic heterocycles. The Hall–Kier alpha value is -6.04. The van der Waals surface area contributed by atoms with Crippen LogP contribution in [0.2, 0.25) is 0 Å². The zero-order chi connectivity index (χ0) is 32.1. The van der Waals surface area contributed by atoms with Gasteiger partial charge in [0, 0.05) is 23.1 Å². The summed E-state index contributed by atoms with van der Waals surface area (Å²) in [6, 6.07) is 27.5. The van der Waals surface area contributed by atoms with Gasteiger partial charge < -0.3 is 19.3 Å². The van der Waals surface area contributed by atoms with Gasteiger partial charge in [-0.3, -0.25) is 16.0 Å². The highest BCUT2D eigenvalue weighted by atomic mass is 16.6. The molecule has 4 N–H and O–H groups in total. The highest BCUT2D eigenvalue weighted by Crippen LogP contribution is 2.28. The first-order valence-electron chi connectivity index (χ1n) is 13.1. The molecule has 228 valence electrons. The number of amides is 4. The van der Waals surface area contributed by atoms with Gasteiger partial charge in [-0.1, -0.05) is 36.4 Å². The summed E-state index contributed by atoms with van der Waals surface area (Å²) in [7, 11) is 2.53. The van der Waals surface area contributed by atoms with Crippen LogP contribution in [0.3, 0.4) is 0 Å². The summed E-state index contributed by atoms with van der Waals surface area (Å²) < 4.78 is 14.2. The second-order valence-corrected chi connectivity index (χ2v) is 9.15. The van der Waals surface area contributed by atoms with Crippen LogP contribution < -0.4 is 25.6 Å². The van der Waals surface area contributed by atoms with E-state index in [1.165, 1.54) is 20.3 Å². The molecule has 0 bridgehead atoms. The van der Waals surface area contributed by atoms with E-state index in [4.69, 9.17) is 4.74 Å². The van der Waals surface area contributed by atoms with Crippen LogP contribution in [-0.2, 0) is 9.47 Å². The number of carboxylic acid groups (broad SMARTS) is 1. The van der Waals surface area contributed by atoms with E-state index in [1.54, 1.807) is 66.7 Å². The van der Waals surface area contributed by atoms with Gasteiger partial charge in [-0.05, 0) is 79.6 Å². The second kappa shape index (κ2) is 15.8. The quantitative estimate of drug-likeness (QED) is 0.175. The topological polar surface area (TPSA) is 156 Å². The molecule has 0 aliphatic rings. The normalized spacial score (nSPS) is 9.82. The lowest BCUT2D eigenvalue weighted by atomic mass is 10.2. The fourth-order valence-electron chi connectivity index (χ4n) is 3.81. The third kappa shape index (κ3) is 10.1. The van der Waals surface area contributed by atoms with Crippen molar-refractivity contribution in [3.63, 3.8) is 0 Å². The van der Waals surface area contributed by atoms with E-state index in [0.29, 0.717) is 34.2 Å². The molecule has 4 aromatic rings. The lowest BCUT2D eigenvalue weighted by Gasteiger charge is -2.20. The number of carbonyl (C=O) groups excluding carboxylic acids is 3. The van der Waals surface area contributed by atoms with Crippen molar-refractivity contribution in [3.8, 4) is 5.75 Å². The number of nitrogens with one attached hydrogen (secondary N) is 3. The maximum absolute atomic E-state index is 11.8. The predicted molar refractivity (Wildman–Crippen MR) is 167 cm³/mol. The molecule has 44 heavy (non-hydrogen) atoms. The van der Waals surface area contributed by atoms with E-state index >= 15 is 0 Å². The molecule has 0 saturated carbocycles. The first-order valence-corrected chi connectivity index (χ1v) is 13.1. The van der Waals surface area contributed by atoms with Gasteiger partial charge in [-0.15, -0.1) is 0 Å². The number of benzene rings is 4. The molecule has 4 amide bonds. The van der Waals surface area contributed by atoms with Crippen molar-refractivity contribution >= 4 is 52.8 Å².